The summed E-state index contributed by atoms with van der Waals surface area (Å²) < 4.78 is 6.59. The van der Waals surface area contributed by atoms with Crippen LogP contribution in [0, 0.1) is 6.92 Å². The highest BCUT2D eigenvalue weighted by Gasteiger charge is 2.17. The Bertz CT molecular complexity index is 1210. The Morgan fingerprint density at radius 1 is 1.11 bits per heavy atom. The summed E-state index contributed by atoms with van der Waals surface area (Å²) in [5.41, 5.74) is 2.91. The molecule has 0 saturated carbocycles. The highest BCUT2D eigenvalue weighted by atomic mass is 32.1. The summed E-state index contributed by atoms with van der Waals surface area (Å²) in [6.07, 6.45) is 1.33. The lowest BCUT2D eigenvalue weighted by Crippen LogP contribution is -2.26. The van der Waals surface area contributed by atoms with Gasteiger partial charge >= 0.3 is 0 Å². The normalized spacial score (nSPS) is 10.8. The molecule has 0 aliphatic carbocycles. The molecule has 0 bridgehead atoms. The molecule has 0 atom stereocenters. The zero-order valence-electron chi connectivity index (χ0n) is 15.3. The van der Waals surface area contributed by atoms with Crippen molar-refractivity contribution in [3.05, 3.63) is 81.6 Å². The summed E-state index contributed by atoms with van der Waals surface area (Å²) in [5, 5.41) is 4.60. The number of nitrogens with one attached hydrogen (secondary N) is 1. The first-order chi connectivity index (χ1) is 13.6. The van der Waals surface area contributed by atoms with Gasteiger partial charge in [-0.25, -0.2) is 4.98 Å². The van der Waals surface area contributed by atoms with E-state index in [-0.39, 0.29) is 5.56 Å². The minimum atomic E-state index is -0.502. The van der Waals surface area contributed by atoms with Crippen LogP contribution in [0.25, 0.3) is 16.2 Å². The van der Waals surface area contributed by atoms with E-state index in [0.29, 0.717) is 16.4 Å². The molecule has 0 saturated heterocycles. The molecule has 0 aliphatic heterocycles. The van der Waals surface area contributed by atoms with E-state index in [1.807, 2.05) is 36.6 Å². The van der Waals surface area contributed by atoms with Crippen LogP contribution in [0.1, 0.15) is 15.9 Å². The average Bonchev–Trinajstić information content (AvgIpc) is 3.14. The zero-order chi connectivity index (χ0) is 19.7. The van der Waals surface area contributed by atoms with Gasteiger partial charge in [0, 0.05) is 17.3 Å². The van der Waals surface area contributed by atoms with Crippen LogP contribution in [-0.4, -0.2) is 22.4 Å². The molecule has 4 aromatic rings. The number of carbonyl (C=O) groups is 1. The minimum absolute atomic E-state index is 0.0138. The highest BCUT2D eigenvalue weighted by Crippen LogP contribution is 2.24. The van der Waals surface area contributed by atoms with Gasteiger partial charge in [-0.3, -0.25) is 14.0 Å². The number of aromatic nitrogens is 2. The zero-order valence-corrected chi connectivity index (χ0v) is 16.1. The van der Waals surface area contributed by atoms with Gasteiger partial charge in [0.15, 0.2) is 4.96 Å². The molecule has 0 fully saturated rings. The average molecular weight is 391 g/mol. The summed E-state index contributed by atoms with van der Waals surface area (Å²) in [6, 6.07) is 14.8. The molecule has 7 heteroatoms. The standard InChI is InChI=1S/C21H17N3O3S/c1-13-3-5-14(6-4-13)18-12-28-21-22-11-17(20(26)24(18)21)19(25)23-15-7-9-16(27-2)10-8-15/h3-12H,1-2H3,(H,23,25). The first kappa shape index (κ1) is 17.9. The van der Waals surface area contributed by atoms with E-state index in [2.05, 4.69) is 10.3 Å². The number of rotatable bonds is 4. The third kappa shape index (κ3) is 3.27. The summed E-state index contributed by atoms with van der Waals surface area (Å²) >= 11 is 1.36. The van der Waals surface area contributed by atoms with Crippen LogP contribution in [0.3, 0.4) is 0 Å². The van der Waals surface area contributed by atoms with Gasteiger partial charge in [-0.05, 0) is 36.8 Å². The van der Waals surface area contributed by atoms with Crippen molar-refractivity contribution < 1.29 is 9.53 Å². The molecule has 4 rings (SSSR count). The molecular formula is C21H17N3O3S. The van der Waals surface area contributed by atoms with Gasteiger partial charge in [-0.15, -0.1) is 11.3 Å². The number of anilines is 1. The Kier molecular flexibility index (Phi) is 4.67. The molecule has 1 amide bonds. The van der Waals surface area contributed by atoms with Gasteiger partial charge in [-0.1, -0.05) is 29.8 Å². The Hall–Kier alpha value is -3.45. The van der Waals surface area contributed by atoms with E-state index in [1.165, 1.54) is 21.9 Å². The maximum Gasteiger partial charge on any atom is 0.271 e. The number of hydrogen-bond donors (Lipinski definition) is 1. The van der Waals surface area contributed by atoms with Gasteiger partial charge in [0.1, 0.15) is 11.3 Å². The van der Waals surface area contributed by atoms with E-state index in [0.717, 1.165) is 16.8 Å². The number of thiazole rings is 1. The second-order valence-corrected chi connectivity index (χ2v) is 7.10. The molecule has 6 nitrogen and oxygen atoms in total. The summed E-state index contributed by atoms with van der Waals surface area (Å²) in [6.45, 7) is 2.00. The number of amides is 1. The number of ether oxygens (including phenoxy) is 1. The van der Waals surface area contributed by atoms with Crippen LogP contribution in [0.2, 0.25) is 0 Å². The molecule has 2 aromatic heterocycles. The van der Waals surface area contributed by atoms with Crippen molar-refractivity contribution in [3.63, 3.8) is 0 Å². The van der Waals surface area contributed by atoms with Crippen LogP contribution in [0.15, 0.2) is 64.9 Å². The van der Waals surface area contributed by atoms with Gasteiger partial charge < -0.3 is 10.1 Å². The lowest BCUT2D eigenvalue weighted by Gasteiger charge is -2.07. The minimum Gasteiger partial charge on any atom is -0.497 e. The van der Waals surface area contributed by atoms with E-state index in [1.54, 1.807) is 31.4 Å². The van der Waals surface area contributed by atoms with E-state index in [9.17, 15) is 9.59 Å². The van der Waals surface area contributed by atoms with Crippen LogP contribution >= 0.6 is 11.3 Å². The van der Waals surface area contributed by atoms with Crippen molar-refractivity contribution in [2.45, 2.75) is 6.92 Å². The molecule has 2 heterocycles. The number of fused-ring (bicyclic) bond motifs is 1. The SMILES string of the molecule is COc1ccc(NC(=O)c2cnc3scc(-c4ccc(C)cc4)n3c2=O)cc1. The third-order valence-corrected chi connectivity index (χ3v) is 5.23. The number of nitrogens with zero attached hydrogens (tertiary/aromatic N) is 2. The molecule has 0 spiro atoms. The maximum atomic E-state index is 13.0. The predicted octanol–water partition coefficient (Wildman–Crippen LogP) is 3.99. The second kappa shape index (κ2) is 7.28. The molecule has 2 aromatic carbocycles. The number of carbonyl (C=O) groups excluding carboxylic acids is 1. The Morgan fingerprint density at radius 3 is 2.50 bits per heavy atom. The lowest BCUT2D eigenvalue weighted by molar-refractivity contribution is 0.102. The van der Waals surface area contributed by atoms with Crippen molar-refractivity contribution in [1.29, 1.82) is 0 Å². The Balaban J connectivity index is 1.72. The summed E-state index contributed by atoms with van der Waals surface area (Å²) in [7, 11) is 1.57. The number of hydrogen-bond acceptors (Lipinski definition) is 5. The van der Waals surface area contributed by atoms with Crippen LogP contribution in [0.5, 0.6) is 5.75 Å². The predicted molar refractivity (Wildman–Crippen MR) is 110 cm³/mol. The number of benzene rings is 2. The molecule has 1 N–H and O–H groups in total. The second-order valence-electron chi connectivity index (χ2n) is 6.26. The summed E-state index contributed by atoms with van der Waals surface area (Å²) in [5.74, 6) is 0.181. The van der Waals surface area contributed by atoms with Crippen molar-refractivity contribution in [3.8, 4) is 17.0 Å². The van der Waals surface area contributed by atoms with E-state index >= 15 is 0 Å². The molecule has 0 aliphatic rings. The van der Waals surface area contributed by atoms with E-state index < -0.39 is 11.5 Å². The fourth-order valence-corrected chi connectivity index (χ4v) is 3.71. The molecule has 0 radical (unpaired) electrons. The number of methoxy groups -OCH3 is 1. The highest BCUT2D eigenvalue weighted by molar-refractivity contribution is 7.15. The number of aryl methyl sites for hydroxylation is 1. The molecular weight excluding hydrogens is 374 g/mol. The fourth-order valence-electron chi connectivity index (χ4n) is 2.85. The first-order valence-electron chi connectivity index (χ1n) is 8.58. The molecule has 28 heavy (non-hydrogen) atoms. The monoisotopic (exact) mass is 391 g/mol. The Labute approximate surface area is 165 Å². The van der Waals surface area contributed by atoms with E-state index in [4.69, 9.17) is 4.74 Å². The van der Waals surface area contributed by atoms with Crippen molar-refractivity contribution in [1.82, 2.24) is 9.38 Å². The van der Waals surface area contributed by atoms with Crippen molar-refractivity contribution in [2.24, 2.45) is 0 Å². The maximum absolute atomic E-state index is 13.0. The smallest absolute Gasteiger partial charge is 0.271 e. The fraction of sp³-hybridized carbons (Fsp3) is 0.0952. The van der Waals surface area contributed by atoms with Gasteiger partial charge in [0.05, 0.1) is 12.8 Å². The first-order valence-corrected chi connectivity index (χ1v) is 9.46. The third-order valence-electron chi connectivity index (χ3n) is 4.39. The quantitative estimate of drug-likeness (QED) is 0.571. The lowest BCUT2D eigenvalue weighted by atomic mass is 10.1. The topological polar surface area (TPSA) is 72.7 Å². The Morgan fingerprint density at radius 2 is 1.82 bits per heavy atom. The van der Waals surface area contributed by atoms with Gasteiger partial charge in [0.25, 0.3) is 11.5 Å². The molecule has 0 unspecified atom stereocenters. The van der Waals surface area contributed by atoms with Crippen molar-refractivity contribution >= 4 is 27.9 Å². The largest absolute Gasteiger partial charge is 0.497 e. The molecule has 140 valence electrons. The van der Waals surface area contributed by atoms with Crippen molar-refractivity contribution in [2.75, 3.05) is 12.4 Å². The van der Waals surface area contributed by atoms with Gasteiger partial charge in [-0.2, -0.15) is 0 Å². The summed E-state index contributed by atoms with van der Waals surface area (Å²) in [4.78, 5) is 30.5. The van der Waals surface area contributed by atoms with Crippen LogP contribution < -0.4 is 15.6 Å². The van der Waals surface area contributed by atoms with Crippen LogP contribution in [-0.2, 0) is 0 Å². The van der Waals surface area contributed by atoms with Gasteiger partial charge in [0.2, 0.25) is 0 Å². The van der Waals surface area contributed by atoms with Crippen LogP contribution in [0.4, 0.5) is 5.69 Å².